The number of hydrogen-bond donors (Lipinski definition) is 1. The molecule has 2 aliphatic heterocycles. The minimum atomic E-state index is 0.210. The van der Waals surface area contributed by atoms with Crippen molar-refractivity contribution in [2.75, 3.05) is 59.4 Å². The van der Waals surface area contributed by atoms with E-state index in [9.17, 15) is 4.79 Å². The van der Waals surface area contributed by atoms with Crippen molar-refractivity contribution >= 4 is 5.91 Å². The molecule has 0 aromatic heterocycles. The van der Waals surface area contributed by atoms with E-state index in [1.54, 1.807) is 0 Å². The lowest BCUT2D eigenvalue weighted by Crippen LogP contribution is -2.54. The summed E-state index contributed by atoms with van der Waals surface area (Å²) in [6.07, 6.45) is 4.66. The van der Waals surface area contributed by atoms with E-state index in [2.05, 4.69) is 33.9 Å². The van der Waals surface area contributed by atoms with Gasteiger partial charge in [0.25, 0.3) is 0 Å². The number of carbonyl (C=O) groups is 1. The van der Waals surface area contributed by atoms with E-state index in [0.29, 0.717) is 12.5 Å². The number of amides is 1. The molecule has 0 radical (unpaired) electrons. The molecule has 0 aromatic carbocycles. The third-order valence-corrected chi connectivity index (χ3v) is 5.47. The second-order valence-electron chi connectivity index (χ2n) is 7.16. The Labute approximate surface area is 149 Å². The molecule has 0 aromatic rings. The molecule has 0 aliphatic carbocycles. The molecule has 1 amide bonds. The van der Waals surface area contributed by atoms with Crippen LogP contribution in [0.25, 0.3) is 0 Å². The number of likely N-dealkylation sites (tertiary alicyclic amines) is 1. The monoisotopic (exact) mass is 340 g/mol. The van der Waals surface area contributed by atoms with Crippen molar-refractivity contribution in [2.24, 2.45) is 0 Å². The molecule has 0 saturated carbocycles. The van der Waals surface area contributed by atoms with Gasteiger partial charge in [0.1, 0.15) is 0 Å². The van der Waals surface area contributed by atoms with Crippen LogP contribution in [0.1, 0.15) is 53.4 Å². The lowest BCUT2D eigenvalue weighted by molar-refractivity contribution is -0.134. The fourth-order valence-electron chi connectivity index (χ4n) is 3.34. The van der Waals surface area contributed by atoms with Gasteiger partial charge in [-0.05, 0) is 39.8 Å². The van der Waals surface area contributed by atoms with Crippen LogP contribution in [0, 0.1) is 0 Å². The summed E-state index contributed by atoms with van der Waals surface area (Å²) >= 11 is 0. The van der Waals surface area contributed by atoms with Crippen LogP contribution in [0.5, 0.6) is 0 Å². The summed E-state index contributed by atoms with van der Waals surface area (Å²) in [7, 11) is 2.02. The van der Waals surface area contributed by atoms with Crippen LogP contribution < -0.4 is 5.32 Å². The van der Waals surface area contributed by atoms with Crippen LogP contribution >= 0.6 is 0 Å². The van der Waals surface area contributed by atoms with Crippen LogP contribution in [-0.4, -0.2) is 85.6 Å². The number of nitrogens with zero attached hydrogens (tertiary/aromatic N) is 3. The molecule has 0 bridgehead atoms. The molecule has 142 valence electrons. The van der Waals surface area contributed by atoms with Gasteiger partial charge in [0.2, 0.25) is 5.91 Å². The second kappa shape index (κ2) is 11.1. The third-order valence-electron chi connectivity index (χ3n) is 5.47. The number of piperazine rings is 1. The highest BCUT2D eigenvalue weighted by Gasteiger charge is 2.31. The first-order valence-electron chi connectivity index (χ1n) is 9.98. The SMILES string of the molecule is CC.CCCCN1CCN(CC(=O)N2CCC(C)(NC)CC2)CC1. The van der Waals surface area contributed by atoms with Gasteiger partial charge in [0.05, 0.1) is 6.54 Å². The molecule has 0 unspecified atom stereocenters. The van der Waals surface area contributed by atoms with Crippen LogP contribution in [0.15, 0.2) is 0 Å². The Bertz CT molecular complexity index is 345. The largest absolute Gasteiger partial charge is 0.341 e. The third kappa shape index (κ3) is 6.69. The number of rotatable bonds is 6. The van der Waals surface area contributed by atoms with Gasteiger partial charge in [-0.3, -0.25) is 9.69 Å². The van der Waals surface area contributed by atoms with Crippen molar-refractivity contribution in [3.05, 3.63) is 0 Å². The number of unbranched alkanes of at least 4 members (excludes halogenated alkanes) is 1. The lowest BCUT2D eigenvalue weighted by Gasteiger charge is -2.40. The zero-order valence-electron chi connectivity index (χ0n) is 16.7. The topological polar surface area (TPSA) is 38.8 Å². The summed E-state index contributed by atoms with van der Waals surface area (Å²) in [6.45, 7) is 16.4. The van der Waals surface area contributed by atoms with E-state index in [1.807, 2.05) is 20.9 Å². The van der Waals surface area contributed by atoms with Crippen molar-refractivity contribution in [3.63, 3.8) is 0 Å². The maximum atomic E-state index is 12.5. The Morgan fingerprint density at radius 3 is 2.04 bits per heavy atom. The fraction of sp³-hybridized carbons (Fsp3) is 0.947. The smallest absolute Gasteiger partial charge is 0.236 e. The van der Waals surface area contributed by atoms with E-state index in [1.165, 1.54) is 19.4 Å². The summed E-state index contributed by atoms with van der Waals surface area (Å²) in [6, 6.07) is 0. The molecule has 5 heteroatoms. The summed E-state index contributed by atoms with van der Waals surface area (Å²) < 4.78 is 0. The van der Waals surface area contributed by atoms with E-state index >= 15 is 0 Å². The van der Waals surface area contributed by atoms with Crippen molar-refractivity contribution < 1.29 is 4.79 Å². The Hall–Kier alpha value is -0.650. The predicted molar refractivity (Wildman–Crippen MR) is 102 cm³/mol. The molecular formula is C19H40N4O. The zero-order chi connectivity index (χ0) is 18.0. The molecule has 2 aliphatic rings. The molecule has 24 heavy (non-hydrogen) atoms. The van der Waals surface area contributed by atoms with E-state index in [-0.39, 0.29) is 5.54 Å². The minimum Gasteiger partial charge on any atom is -0.341 e. The molecule has 2 saturated heterocycles. The number of piperidine rings is 1. The Morgan fingerprint density at radius 2 is 1.54 bits per heavy atom. The fourth-order valence-corrected chi connectivity index (χ4v) is 3.34. The summed E-state index contributed by atoms with van der Waals surface area (Å²) in [5, 5.41) is 3.39. The van der Waals surface area contributed by atoms with Gasteiger partial charge in [-0.2, -0.15) is 0 Å². The average Bonchev–Trinajstić information content (AvgIpc) is 2.63. The molecule has 0 atom stereocenters. The molecule has 5 nitrogen and oxygen atoms in total. The van der Waals surface area contributed by atoms with Crippen LogP contribution in [-0.2, 0) is 4.79 Å². The highest BCUT2D eigenvalue weighted by molar-refractivity contribution is 5.78. The number of hydrogen-bond acceptors (Lipinski definition) is 4. The molecule has 2 fully saturated rings. The van der Waals surface area contributed by atoms with Gasteiger partial charge in [-0.25, -0.2) is 0 Å². The first kappa shape index (κ1) is 21.4. The Morgan fingerprint density at radius 1 is 1.00 bits per heavy atom. The van der Waals surface area contributed by atoms with Gasteiger partial charge in [0.15, 0.2) is 0 Å². The van der Waals surface area contributed by atoms with E-state index < -0.39 is 0 Å². The Kier molecular flexibility index (Phi) is 9.86. The van der Waals surface area contributed by atoms with Crippen LogP contribution in [0.4, 0.5) is 0 Å². The second-order valence-corrected chi connectivity index (χ2v) is 7.16. The molecule has 0 spiro atoms. The Balaban J connectivity index is 0.00000139. The first-order chi connectivity index (χ1) is 11.6. The van der Waals surface area contributed by atoms with Crippen LogP contribution in [0.3, 0.4) is 0 Å². The number of carbonyl (C=O) groups excluding carboxylic acids is 1. The van der Waals surface area contributed by atoms with Gasteiger partial charge in [-0.15, -0.1) is 0 Å². The number of nitrogens with one attached hydrogen (secondary N) is 1. The van der Waals surface area contributed by atoms with Gasteiger partial charge >= 0.3 is 0 Å². The summed E-state index contributed by atoms with van der Waals surface area (Å²) in [4.78, 5) is 19.4. The van der Waals surface area contributed by atoms with Gasteiger partial charge in [-0.1, -0.05) is 27.2 Å². The normalized spacial score (nSPS) is 22.0. The molecule has 2 heterocycles. The average molecular weight is 341 g/mol. The maximum Gasteiger partial charge on any atom is 0.236 e. The molecule has 1 N–H and O–H groups in total. The summed E-state index contributed by atoms with van der Waals surface area (Å²) in [5.41, 5.74) is 0.210. The van der Waals surface area contributed by atoms with Crippen LogP contribution in [0.2, 0.25) is 0 Å². The highest BCUT2D eigenvalue weighted by atomic mass is 16.2. The highest BCUT2D eigenvalue weighted by Crippen LogP contribution is 2.21. The maximum absolute atomic E-state index is 12.5. The van der Waals surface area contributed by atoms with Crippen molar-refractivity contribution in [3.8, 4) is 0 Å². The standard InChI is InChI=1S/C17H34N4O.C2H6/c1-4-5-8-19-11-13-20(14-12-19)15-16(22)21-9-6-17(2,18-3)7-10-21;1-2/h18H,4-15H2,1-3H3;1-2H3. The van der Waals surface area contributed by atoms with Crippen molar-refractivity contribution in [1.29, 1.82) is 0 Å². The molecular weight excluding hydrogens is 300 g/mol. The quantitative estimate of drug-likeness (QED) is 0.803. The molecule has 2 rings (SSSR count). The predicted octanol–water partition coefficient (Wildman–Crippen LogP) is 2.03. The van der Waals surface area contributed by atoms with E-state index in [4.69, 9.17) is 0 Å². The first-order valence-corrected chi connectivity index (χ1v) is 9.98. The minimum absolute atomic E-state index is 0.210. The van der Waals surface area contributed by atoms with Crippen molar-refractivity contribution in [2.45, 2.75) is 58.9 Å². The van der Waals surface area contributed by atoms with E-state index in [0.717, 1.165) is 52.1 Å². The van der Waals surface area contributed by atoms with Gasteiger partial charge < -0.3 is 15.1 Å². The van der Waals surface area contributed by atoms with Crippen molar-refractivity contribution in [1.82, 2.24) is 20.0 Å². The summed E-state index contributed by atoms with van der Waals surface area (Å²) in [5.74, 6) is 0.320. The van der Waals surface area contributed by atoms with Gasteiger partial charge in [0, 0.05) is 44.8 Å². The lowest BCUT2D eigenvalue weighted by atomic mass is 9.90. The zero-order valence-corrected chi connectivity index (χ0v) is 16.7.